The first-order chi connectivity index (χ1) is 13.6. The van der Waals surface area contributed by atoms with Crippen molar-refractivity contribution in [1.82, 2.24) is 0 Å². The van der Waals surface area contributed by atoms with E-state index in [2.05, 4.69) is 30.4 Å². The Kier molecular flexibility index (Phi) is 13.3. The van der Waals surface area contributed by atoms with E-state index in [4.69, 9.17) is 4.74 Å². The summed E-state index contributed by atoms with van der Waals surface area (Å²) in [5.41, 5.74) is 0.853. The smallest absolute Gasteiger partial charge is 0.308 e. The number of hydrogen-bond donors (Lipinski definition) is 1. The molecular formula is C25H36O3. The number of benzene rings is 1. The Hall–Kier alpha value is -2.29. The molecule has 154 valence electrons. The molecule has 3 nitrogen and oxygen atoms in total. The fraction of sp³-hybridized carbons (Fsp3) is 0.480. The Morgan fingerprint density at radius 1 is 0.964 bits per heavy atom. The van der Waals surface area contributed by atoms with E-state index in [-0.39, 0.29) is 11.7 Å². The van der Waals surface area contributed by atoms with E-state index in [9.17, 15) is 9.90 Å². The zero-order chi connectivity index (χ0) is 20.5. The summed E-state index contributed by atoms with van der Waals surface area (Å²) >= 11 is 0. The predicted molar refractivity (Wildman–Crippen MR) is 118 cm³/mol. The predicted octanol–water partition coefficient (Wildman–Crippen LogP) is 7.06. The van der Waals surface area contributed by atoms with E-state index in [1.807, 2.05) is 13.0 Å². The third-order valence-corrected chi connectivity index (χ3v) is 4.51. The van der Waals surface area contributed by atoms with E-state index in [0.717, 1.165) is 31.2 Å². The Morgan fingerprint density at radius 2 is 1.68 bits per heavy atom. The fourth-order valence-corrected chi connectivity index (χ4v) is 3.01. The number of unbranched alkanes of at least 4 members (excludes halogenated alkanes) is 7. The van der Waals surface area contributed by atoms with Crippen molar-refractivity contribution in [2.75, 3.05) is 0 Å². The lowest BCUT2D eigenvalue weighted by atomic mass is 10.0. The highest BCUT2D eigenvalue weighted by molar-refractivity contribution is 5.69. The van der Waals surface area contributed by atoms with Crippen LogP contribution in [0.4, 0.5) is 0 Å². The molecule has 0 fully saturated rings. The standard InChI is InChI=1S/C25H36O3/c1-3-4-5-6-7-8-9-10-11-12-13-14-15-16-17-18-23-21-24(28-22(2)26)19-20-25(23)27/h3-6,8-9,19-21,27H,7,10-18H2,1-2H3/b4-3+,6-5+,9-8-. The Balaban J connectivity index is 2.03. The van der Waals surface area contributed by atoms with Crippen molar-refractivity contribution >= 4 is 5.97 Å². The van der Waals surface area contributed by atoms with Crippen LogP contribution in [0.1, 0.15) is 77.2 Å². The molecule has 3 heteroatoms. The molecule has 0 radical (unpaired) electrons. The molecule has 0 aliphatic carbocycles. The molecule has 0 saturated carbocycles. The molecule has 0 unspecified atom stereocenters. The lowest BCUT2D eigenvalue weighted by molar-refractivity contribution is -0.131. The summed E-state index contributed by atoms with van der Waals surface area (Å²) in [6, 6.07) is 4.98. The number of ether oxygens (including phenoxy) is 1. The van der Waals surface area contributed by atoms with Crippen molar-refractivity contribution in [2.24, 2.45) is 0 Å². The number of aryl methyl sites for hydroxylation is 1. The van der Waals surface area contributed by atoms with Crippen LogP contribution in [-0.2, 0) is 11.2 Å². The van der Waals surface area contributed by atoms with Gasteiger partial charge in [-0.2, -0.15) is 0 Å². The molecule has 0 aromatic heterocycles. The number of carbonyl (C=O) groups excluding carboxylic acids is 1. The topological polar surface area (TPSA) is 46.5 Å². The van der Waals surface area contributed by atoms with Crippen LogP contribution in [0.2, 0.25) is 0 Å². The summed E-state index contributed by atoms with van der Waals surface area (Å²) in [7, 11) is 0. The van der Waals surface area contributed by atoms with Gasteiger partial charge < -0.3 is 9.84 Å². The second-order valence-electron chi connectivity index (χ2n) is 7.06. The molecule has 0 saturated heterocycles. The van der Waals surface area contributed by atoms with Gasteiger partial charge in [0.1, 0.15) is 11.5 Å². The highest BCUT2D eigenvalue weighted by Gasteiger charge is 2.05. The van der Waals surface area contributed by atoms with E-state index in [1.54, 1.807) is 18.2 Å². The third-order valence-electron chi connectivity index (χ3n) is 4.51. The van der Waals surface area contributed by atoms with Crippen LogP contribution < -0.4 is 4.74 Å². The summed E-state index contributed by atoms with van der Waals surface area (Å²) in [6.07, 6.45) is 24.4. The van der Waals surface area contributed by atoms with E-state index >= 15 is 0 Å². The van der Waals surface area contributed by atoms with Crippen LogP contribution in [0.15, 0.2) is 54.7 Å². The normalized spacial score (nSPS) is 11.8. The number of aromatic hydroxyl groups is 1. The second kappa shape index (κ2) is 15.7. The van der Waals surface area contributed by atoms with Gasteiger partial charge in [0, 0.05) is 6.92 Å². The number of allylic oxidation sites excluding steroid dienone is 6. The van der Waals surface area contributed by atoms with Crippen molar-refractivity contribution in [2.45, 2.75) is 78.1 Å². The van der Waals surface area contributed by atoms with Gasteiger partial charge in [-0.15, -0.1) is 0 Å². The number of phenols is 1. The maximum absolute atomic E-state index is 11.0. The zero-order valence-electron chi connectivity index (χ0n) is 17.5. The van der Waals surface area contributed by atoms with Gasteiger partial charge in [0.05, 0.1) is 0 Å². The van der Waals surface area contributed by atoms with Crippen molar-refractivity contribution in [3.63, 3.8) is 0 Å². The lowest BCUT2D eigenvalue weighted by Gasteiger charge is -2.08. The van der Waals surface area contributed by atoms with Crippen molar-refractivity contribution < 1.29 is 14.6 Å². The van der Waals surface area contributed by atoms with Crippen LogP contribution in [0.3, 0.4) is 0 Å². The molecule has 1 aromatic rings. The van der Waals surface area contributed by atoms with Gasteiger partial charge in [0.15, 0.2) is 0 Å². The second-order valence-corrected chi connectivity index (χ2v) is 7.06. The third kappa shape index (κ3) is 12.2. The molecule has 0 bridgehead atoms. The van der Waals surface area contributed by atoms with Crippen molar-refractivity contribution in [1.29, 1.82) is 0 Å². The average molecular weight is 385 g/mol. The summed E-state index contributed by atoms with van der Waals surface area (Å²) in [5, 5.41) is 9.93. The van der Waals surface area contributed by atoms with Gasteiger partial charge in [0.25, 0.3) is 0 Å². The molecule has 0 spiro atoms. The Morgan fingerprint density at radius 3 is 2.39 bits per heavy atom. The highest BCUT2D eigenvalue weighted by atomic mass is 16.5. The number of esters is 1. The summed E-state index contributed by atoms with van der Waals surface area (Å²) in [4.78, 5) is 11.0. The molecule has 0 amide bonds. The summed E-state index contributed by atoms with van der Waals surface area (Å²) in [6.45, 7) is 3.41. The average Bonchev–Trinajstić information content (AvgIpc) is 2.66. The first-order valence-electron chi connectivity index (χ1n) is 10.6. The number of carbonyl (C=O) groups is 1. The Labute approximate surface area is 170 Å². The summed E-state index contributed by atoms with van der Waals surface area (Å²) in [5.74, 6) is 0.442. The highest BCUT2D eigenvalue weighted by Crippen LogP contribution is 2.25. The Bertz CT molecular complexity index is 641. The van der Waals surface area contributed by atoms with E-state index in [1.165, 1.54) is 45.4 Å². The summed E-state index contributed by atoms with van der Waals surface area (Å²) < 4.78 is 5.08. The minimum absolute atomic E-state index is 0.279. The molecule has 0 heterocycles. The SMILES string of the molecule is C/C=C/C=C/C/C=C\CCCCCCCCCc1cc(OC(C)=O)ccc1O. The number of phenolic OH excluding ortho intramolecular Hbond substituents is 1. The minimum atomic E-state index is -0.339. The fourth-order valence-electron chi connectivity index (χ4n) is 3.01. The maximum atomic E-state index is 11.0. The molecule has 1 N–H and O–H groups in total. The minimum Gasteiger partial charge on any atom is -0.508 e. The van der Waals surface area contributed by atoms with Gasteiger partial charge in [-0.05, 0) is 62.8 Å². The van der Waals surface area contributed by atoms with Gasteiger partial charge >= 0.3 is 5.97 Å². The van der Waals surface area contributed by atoms with Gasteiger partial charge in [0.2, 0.25) is 0 Å². The van der Waals surface area contributed by atoms with Crippen molar-refractivity contribution in [3.05, 3.63) is 60.2 Å². The maximum Gasteiger partial charge on any atom is 0.308 e. The van der Waals surface area contributed by atoms with E-state index in [0.29, 0.717) is 5.75 Å². The van der Waals surface area contributed by atoms with Crippen LogP contribution in [0.5, 0.6) is 11.5 Å². The molecular weight excluding hydrogens is 348 g/mol. The first kappa shape index (κ1) is 23.7. The largest absolute Gasteiger partial charge is 0.508 e. The molecule has 0 aliphatic rings. The van der Waals surface area contributed by atoms with Crippen LogP contribution in [-0.4, -0.2) is 11.1 Å². The van der Waals surface area contributed by atoms with Crippen LogP contribution in [0, 0.1) is 0 Å². The van der Waals surface area contributed by atoms with Gasteiger partial charge in [-0.25, -0.2) is 0 Å². The van der Waals surface area contributed by atoms with E-state index < -0.39 is 0 Å². The quantitative estimate of drug-likeness (QED) is 0.123. The molecule has 28 heavy (non-hydrogen) atoms. The molecule has 1 aromatic carbocycles. The zero-order valence-corrected chi connectivity index (χ0v) is 17.5. The first-order valence-corrected chi connectivity index (χ1v) is 10.6. The lowest BCUT2D eigenvalue weighted by Crippen LogP contribution is -2.01. The van der Waals surface area contributed by atoms with Crippen LogP contribution >= 0.6 is 0 Å². The van der Waals surface area contributed by atoms with Gasteiger partial charge in [-0.3, -0.25) is 4.79 Å². The van der Waals surface area contributed by atoms with Crippen molar-refractivity contribution in [3.8, 4) is 11.5 Å². The molecule has 1 rings (SSSR count). The molecule has 0 atom stereocenters. The van der Waals surface area contributed by atoms with Gasteiger partial charge in [-0.1, -0.05) is 68.6 Å². The monoisotopic (exact) mass is 384 g/mol. The molecule has 0 aliphatic heterocycles. The number of hydrogen-bond acceptors (Lipinski definition) is 3. The van der Waals surface area contributed by atoms with Crippen LogP contribution in [0.25, 0.3) is 0 Å². The number of rotatable bonds is 14.